The molecule has 0 aliphatic carbocycles. The standard InChI is InChI=1S/C27H28N4O4/c1-16-13-21(17(2)28-23-8-6-5-7-20(23)27(34)35)25-22(14-16)26(33)30(4)24(29-25)10-9-19-11-12-31(15-19)18(3)32/h5-8,13-14,17,19,28H,11-12,15H2,1-4H3,(H,34,35)/t17-,19?/m1/s1. The van der Waals surface area contributed by atoms with E-state index >= 15 is 0 Å². The minimum atomic E-state index is -1.02. The Kier molecular flexibility index (Phi) is 6.61. The largest absolute Gasteiger partial charge is 0.478 e. The summed E-state index contributed by atoms with van der Waals surface area (Å²) >= 11 is 0. The summed E-state index contributed by atoms with van der Waals surface area (Å²) in [7, 11) is 1.65. The van der Waals surface area contributed by atoms with E-state index in [1.807, 2.05) is 26.0 Å². The predicted molar refractivity (Wildman–Crippen MR) is 134 cm³/mol. The minimum absolute atomic E-state index is 0.0384. The second-order valence-corrected chi connectivity index (χ2v) is 8.99. The summed E-state index contributed by atoms with van der Waals surface area (Å²) in [6.45, 7) is 6.64. The zero-order chi connectivity index (χ0) is 25.3. The highest BCUT2D eigenvalue weighted by molar-refractivity contribution is 5.94. The second kappa shape index (κ2) is 9.63. The van der Waals surface area contributed by atoms with Crippen molar-refractivity contribution in [2.75, 3.05) is 18.4 Å². The Morgan fingerprint density at radius 2 is 2.00 bits per heavy atom. The van der Waals surface area contributed by atoms with Gasteiger partial charge in [-0.25, -0.2) is 9.78 Å². The fraction of sp³-hybridized carbons (Fsp3) is 0.333. The van der Waals surface area contributed by atoms with E-state index in [-0.39, 0.29) is 29.0 Å². The highest BCUT2D eigenvalue weighted by Gasteiger charge is 2.23. The third kappa shape index (κ3) is 4.90. The van der Waals surface area contributed by atoms with E-state index in [9.17, 15) is 19.5 Å². The summed E-state index contributed by atoms with van der Waals surface area (Å²) in [5.74, 6) is 5.67. The molecule has 4 rings (SSSR count). The molecular formula is C27H28N4O4. The molecule has 8 nitrogen and oxygen atoms in total. The molecule has 8 heteroatoms. The van der Waals surface area contributed by atoms with Crippen molar-refractivity contribution in [3.63, 3.8) is 0 Å². The van der Waals surface area contributed by atoms with Gasteiger partial charge in [0.15, 0.2) is 5.82 Å². The average molecular weight is 473 g/mol. The maximum Gasteiger partial charge on any atom is 0.337 e. The van der Waals surface area contributed by atoms with Gasteiger partial charge in [0.25, 0.3) is 5.56 Å². The van der Waals surface area contributed by atoms with E-state index in [1.165, 1.54) is 4.57 Å². The Labute approximate surface area is 203 Å². The van der Waals surface area contributed by atoms with Gasteiger partial charge in [-0.05, 0) is 50.0 Å². The summed E-state index contributed by atoms with van der Waals surface area (Å²) in [6.07, 6.45) is 0.794. The zero-order valence-corrected chi connectivity index (χ0v) is 20.3. The molecule has 0 saturated carbocycles. The highest BCUT2D eigenvalue weighted by atomic mass is 16.4. The van der Waals surface area contributed by atoms with Gasteiger partial charge < -0.3 is 15.3 Å². The summed E-state index contributed by atoms with van der Waals surface area (Å²) in [6, 6.07) is 10.2. The lowest BCUT2D eigenvalue weighted by Crippen LogP contribution is -2.25. The number of hydrogen-bond donors (Lipinski definition) is 2. The molecule has 2 N–H and O–H groups in total. The van der Waals surface area contributed by atoms with Crippen molar-refractivity contribution < 1.29 is 14.7 Å². The lowest BCUT2D eigenvalue weighted by Gasteiger charge is -2.19. The number of nitrogens with zero attached hydrogens (tertiary/aromatic N) is 3. The quantitative estimate of drug-likeness (QED) is 0.565. The maximum absolute atomic E-state index is 13.2. The number of carboxylic acid groups (broad SMARTS) is 1. The fourth-order valence-corrected chi connectivity index (χ4v) is 4.43. The number of hydrogen-bond acceptors (Lipinski definition) is 5. The molecule has 2 heterocycles. The third-order valence-corrected chi connectivity index (χ3v) is 6.37. The molecule has 35 heavy (non-hydrogen) atoms. The molecule has 0 spiro atoms. The van der Waals surface area contributed by atoms with Gasteiger partial charge in [0.05, 0.1) is 22.5 Å². The number of carboxylic acids is 1. The van der Waals surface area contributed by atoms with E-state index in [1.54, 1.807) is 43.1 Å². The van der Waals surface area contributed by atoms with Crippen LogP contribution in [0.15, 0.2) is 41.2 Å². The van der Waals surface area contributed by atoms with Crippen molar-refractivity contribution in [1.82, 2.24) is 14.5 Å². The Balaban J connectivity index is 1.75. The van der Waals surface area contributed by atoms with Gasteiger partial charge in [-0.1, -0.05) is 24.1 Å². The van der Waals surface area contributed by atoms with E-state index in [4.69, 9.17) is 4.98 Å². The molecule has 1 fully saturated rings. The van der Waals surface area contributed by atoms with Crippen LogP contribution in [-0.2, 0) is 11.8 Å². The number of nitrogens with one attached hydrogen (secondary N) is 1. The Bertz CT molecular complexity index is 1450. The number of aromatic carboxylic acids is 1. The monoisotopic (exact) mass is 472 g/mol. The van der Waals surface area contributed by atoms with Crippen molar-refractivity contribution in [1.29, 1.82) is 0 Å². The van der Waals surface area contributed by atoms with Crippen LogP contribution in [0.3, 0.4) is 0 Å². The van der Waals surface area contributed by atoms with Crippen LogP contribution in [0, 0.1) is 24.7 Å². The highest BCUT2D eigenvalue weighted by Crippen LogP contribution is 2.28. The number of benzene rings is 2. The first-order valence-corrected chi connectivity index (χ1v) is 11.5. The van der Waals surface area contributed by atoms with E-state index in [0.717, 1.165) is 17.5 Å². The van der Waals surface area contributed by atoms with Gasteiger partial charge in [-0.15, -0.1) is 0 Å². The summed E-state index contributed by atoms with van der Waals surface area (Å²) in [5, 5.41) is 13.3. The molecule has 1 amide bonds. The first-order valence-electron chi connectivity index (χ1n) is 11.5. The predicted octanol–water partition coefficient (Wildman–Crippen LogP) is 3.33. The van der Waals surface area contributed by atoms with Crippen LogP contribution in [0.1, 0.15) is 53.6 Å². The number of aryl methyl sites for hydroxylation is 1. The smallest absolute Gasteiger partial charge is 0.337 e. The fourth-order valence-electron chi connectivity index (χ4n) is 4.43. The van der Waals surface area contributed by atoms with Crippen LogP contribution in [-0.4, -0.2) is 44.5 Å². The van der Waals surface area contributed by atoms with Crippen molar-refractivity contribution in [3.8, 4) is 11.8 Å². The van der Waals surface area contributed by atoms with Crippen LogP contribution in [0.25, 0.3) is 10.9 Å². The number of amides is 1. The van der Waals surface area contributed by atoms with Gasteiger partial charge in [-0.3, -0.25) is 14.2 Å². The maximum atomic E-state index is 13.2. The topological polar surface area (TPSA) is 105 Å². The molecule has 1 aliphatic heterocycles. The first kappa shape index (κ1) is 24.0. The molecule has 180 valence electrons. The van der Waals surface area contributed by atoms with E-state index in [0.29, 0.717) is 35.5 Å². The normalized spacial score (nSPS) is 16.0. The summed E-state index contributed by atoms with van der Waals surface area (Å²) < 4.78 is 1.45. The van der Waals surface area contributed by atoms with Crippen LogP contribution >= 0.6 is 0 Å². The molecule has 3 aromatic rings. The van der Waals surface area contributed by atoms with E-state index < -0.39 is 5.97 Å². The number of carbonyl (C=O) groups is 2. The third-order valence-electron chi connectivity index (χ3n) is 6.37. The lowest BCUT2D eigenvalue weighted by atomic mass is 10.0. The first-order chi connectivity index (χ1) is 16.7. The van der Waals surface area contributed by atoms with Gasteiger partial charge in [0, 0.05) is 44.2 Å². The van der Waals surface area contributed by atoms with Gasteiger partial charge in [-0.2, -0.15) is 0 Å². The van der Waals surface area contributed by atoms with Crippen LogP contribution in [0.4, 0.5) is 5.69 Å². The number of fused-ring (bicyclic) bond motifs is 1. The number of rotatable bonds is 4. The number of aromatic nitrogens is 2. The Morgan fingerprint density at radius 1 is 1.26 bits per heavy atom. The molecule has 1 aromatic heterocycles. The van der Waals surface area contributed by atoms with Crippen LogP contribution in [0.5, 0.6) is 0 Å². The van der Waals surface area contributed by atoms with Gasteiger partial charge in [0.1, 0.15) is 0 Å². The van der Waals surface area contributed by atoms with Crippen molar-refractivity contribution >= 4 is 28.5 Å². The molecule has 2 aromatic carbocycles. The Morgan fingerprint density at radius 3 is 2.69 bits per heavy atom. The van der Waals surface area contributed by atoms with Crippen molar-refractivity contribution in [3.05, 3.63) is 69.3 Å². The summed E-state index contributed by atoms with van der Waals surface area (Å²) in [4.78, 5) is 43.0. The Hall–Kier alpha value is -4.12. The van der Waals surface area contributed by atoms with E-state index in [2.05, 4.69) is 17.2 Å². The summed E-state index contributed by atoms with van der Waals surface area (Å²) in [5.41, 5.74) is 2.68. The zero-order valence-electron chi connectivity index (χ0n) is 20.3. The molecule has 0 radical (unpaired) electrons. The molecule has 1 saturated heterocycles. The SMILES string of the molecule is CC(=O)N1CCC(C#Cc2nc3c([C@@H](C)Nc4ccccc4C(=O)O)cc(C)cc3c(=O)n2C)C1. The molecular weight excluding hydrogens is 444 g/mol. The number of anilines is 1. The molecule has 2 atom stereocenters. The number of para-hydroxylation sites is 1. The van der Waals surface area contributed by atoms with Gasteiger partial charge in [0.2, 0.25) is 5.91 Å². The second-order valence-electron chi connectivity index (χ2n) is 8.99. The molecule has 0 bridgehead atoms. The van der Waals surface area contributed by atoms with Crippen molar-refractivity contribution in [2.24, 2.45) is 13.0 Å². The lowest BCUT2D eigenvalue weighted by molar-refractivity contribution is -0.127. The van der Waals surface area contributed by atoms with Crippen LogP contribution < -0.4 is 10.9 Å². The van der Waals surface area contributed by atoms with Crippen molar-refractivity contribution in [2.45, 2.75) is 33.2 Å². The number of carbonyl (C=O) groups excluding carboxylic acids is 1. The molecule has 1 aliphatic rings. The number of likely N-dealkylation sites (tertiary alicyclic amines) is 1. The average Bonchev–Trinajstić information content (AvgIpc) is 3.30. The molecule has 1 unspecified atom stereocenters. The van der Waals surface area contributed by atoms with Crippen LogP contribution in [0.2, 0.25) is 0 Å². The minimum Gasteiger partial charge on any atom is -0.478 e. The van der Waals surface area contributed by atoms with Gasteiger partial charge >= 0.3 is 5.97 Å².